The highest BCUT2D eigenvalue weighted by atomic mass is 16.5. The average Bonchev–Trinajstić information content (AvgIpc) is 2.72. The van der Waals surface area contributed by atoms with Crippen LogP contribution in [0.2, 0.25) is 0 Å². The lowest BCUT2D eigenvalue weighted by Crippen LogP contribution is -2.13. The van der Waals surface area contributed by atoms with Crippen molar-refractivity contribution in [1.29, 1.82) is 0 Å². The van der Waals surface area contributed by atoms with E-state index in [0.717, 1.165) is 22.4 Å². The maximum absolute atomic E-state index is 11.9. The van der Waals surface area contributed by atoms with Gasteiger partial charge in [-0.2, -0.15) is 0 Å². The summed E-state index contributed by atoms with van der Waals surface area (Å²) in [6.45, 7) is 0. The zero-order valence-corrected chi connectivity index (χ0v) is 9.38. The van der Waals surface area contributed by atoms with Crippen LogP contribution in [0, 0.1) is 0 Å². The first-order valence-corrected chi connectivity index (χ1v) is 5.45. The molecule has 0 saturated heterocycles. The maximum atomic E-state index is 11.9. The van der Waals surface area contributed by atoms with E-state index in [1.807, 2.05) is 36.4 Å². The van der Waals surface area contributed by atoms with Crippen LogP contribution in [0.4, 0.5) is 0 Å². The van der Waals surface area contributed by atoms with Gasteiger partial charge in [-0.3, -0.25) is 9.78 Å². The van der Waals surface area contributed by atoms with Crippen molar-refractivity contribution in [2.24, 2.45) is 0 Å². The number of ether oxygens (including phenoxy) is 1. The fraction of sp³-hybridized carbons (Fsp3) is 0.143. The fourth-order valence-electron chi connectivity index (χ4n) is 2.38. The van der Waals surface area contributed by atoms with E-state index in [2.05, 4.69) is 4.98 Å². The number of esters is 1. The normalized spacial score (nSPS) is 16.2. The largest absolute Gasteiger partial charge is 0.468 e. The molecule has 1 aromatic carbocycles. The number of carbonyl (C=O) groups excluding carboxylic acids is 1. The first-order chi connectivity index (χ1) is 8.33. The second kappa shape index (κ2) is 3.70. The van der Waals surface area contributed by atoms with Crippen molar-refractivity contribution in [3.8, 4) is 11.3 Å². The van der Waals surface area contributed by atoms with Gasteiger partial charge in [0.25, 0.3) is 0 Å². The summed E-state index contributed by atoms with van der Waals surface area (Å²) in [7, 11) is 1.42. The summed E-state index contributed by atoms with van der Waals surface area (Å²) in [6, 6.07) is 11.6. The van der Waals surface area contributed by atoms with E-state index in [4.69, 9.17) is 4.74 Å². The van der Waals surface area contributed by atoms with Crippen LogP contribution in [-0.2, 0) is 9.53 Å². The molecule has 17 heavy (non-hydrogen) atoms. The molecule has 1 aromatic heterocycles. The molecule has 0 aliphatic heterocycles. The quantitative estimate of drug-likeness (QED) is 0.699. The molecule has 0 N–H and O–H groups in total. The number of aromatic nitrogens is 1. The maximum Gasteiger partial charge on any atom is 0.317 e. The van der Waals surface area contributed by atoms with Crippen LogP contribution in [0.25, 0.3) is 11.3 Å². The lowest BCUT2D eigenvalue weighted by molar-refractivity contribution is -0.141. The van der Waals surface area contributed by atoms with Gasteiger partial charge in [0.1, 0.15) is 5.92 Å². The molecule has 3 rings (SSSR count). The second-order valence-corrected chi connectivity index (χ2v) is 3.98. The first-order valence-electron chi connectivity index (χ1n) is 5.45. The molecule has 3 nitrogen and oxygen atoms in total. The van der Waals surface area contributed by atoms with Gasteiger partial charge in [-0.25, -0.2) is 0 Å². The topological polar surface area (TPSA) is 39.2 Å². The van der Waals surface area contributed by atoms with Crippen molar-refractivity contribution in [3.05, 3.63) is 53.7 Å². The summed E-state index contributed by atoms with van der Waals surface area (Å²) in [6.07, 6.45) is 1.75. The Labute approximate surface area is 99.1 Å². The molecule has 1 heterocycles. The van der Waals surface area contributed by atoms with E-state index >= 15 is 0 Å². The Morgan fingerprint density at radius 2 is 1.94 bits per heavy atom. The van der Waals surface area contributed by atoms with E-state index in [-0.39, 0.29) is 11.9 Å². The lowest BCUT2D eigenvalue weighted by atomic mass is 9.98. The van der Waals surface area contributed by atoms with Gasteiger partial charge in [0, 0.05) is 11.8 Å². The number of nitrogens with zero attached hydrogens (tertiary/aromatic N) is 1. The molecule has 84 valence electrons. The van der Waals surface area contributed by atoms with Gasteiger partial charge in [-0.15, -0.1) is 0 Å². The van der Waals surface area contributed by atoms with Crippen LogP contribution in [0.3, 0.4) is 0 Å². The van der Waals surface area contributed by atoms with Crippen LogP contribution in [0.1, 0.15) is 17.0 Å². The number of methoxy groups -OCH3 is 1. The van der Waals surface area contributed by atoms with Crippen molar-refractivity contribution in [2.45, 2.75) is 5.92 Å². The number of benzene rings is 1. The van der Waals surface area contributed by atoms with Gasteiger partial charge in [0.05, 0.1) is 12.8 Å². The van der Waals surface area contributed by atoms with E-state index in [0.29, 0.717) is 0 Å². The highest BCUT2D eigenvalue weighted by molar-refractivity contribution is 5.92. The second-order valence-electron chi connectivity index (χ2n) is 3.98. The Morgan fingerprint density at radius 3 is 2.76 bits per heavy atom. The summed E-state index contributed by atoms with van der Waals surface area (Å²) in [5.41, 5.74) is 3.82. The minimum Gasteiger partial charge on any atom is -0.468 e. The molecule has 0 spiro atoms. The molecule has 1 atom stereocenters. The molecule has 0 fully saturated rings. The fourth-order valence-corrected chi connectivity index (χ4v) is 2.38. The van der Waals surface area contributed by atoms with Crippen molar-refractivity contribution >= 4 is 5.97 Å². The van der Waals surface area contributed by atoms with Crippen LogP contribution in [0.15, 0.2) is 42.6 Å². The van der Waals surface area contributed by atoms with Crippen LogP contribution >= 0.6 is 0 Å². The Kier molecular flexibility index (Phi) is 2.18. The molecule has 1 unspecified atom stereocenters. The molecule has 3 heteroatoms. The van der Waals surface area contributed by atoms with Gasteiger partial charge in [-0.05, 0) is 17.2 Å². The Morgan fingerprint density at radius 1 is 1.18 bits per heavy atom. The average molecular weight is 225 g/mol. The number of fused-ring (bicyclic) bond motifs is 3. The number of hydrogen-bond donors (Lipinski definition) is 0. The highest BCUT2D eigenvalue weighted by Crippen LogP contribution is 2.43. The Hall–Kier alpha value is -2.16. The van der Waals surface area contributed by atoms with Crippen LogP contribution in [0.5, 0.6) is 0 Å². The van der Waals surface area contributed by atoms with E-state index < -0.39 is 0 Å². The smallest absolute Gasteiger partial charge is 0.317 e. The zero-order valence-electron chi connectivity index (χ0n) is 9.38. The van der Waals surface area contributed by atoms with Gasteiger partial charge in [-0.1, -0.05) is 30.3 Å². The summed E-state index contributed by atoms with van der Waals surface area (Å²) >= 11 is 0. The molecule has 1 aliphatic carbocycles. The molecule has 1 aliphatic rings. The van der Waals surface area contributed by atoms with E-state index in [1.54, 1.807) is 6.20 Å². The summed E-state index contributed by atoms with van der Waals surface area (Å²) in [5.74, 6) is -0.566. The highest BCUT2D eigenvalue weighted by Gasteiger charge is 2.34. The molecule has 0 bridgehead atoms. The van der Waals surface area contributed by atoms with Crippen LogP contribution < -0.4 is 0 Å². The molecule has 0 saturated carbocycles. The predicted molar refractivity (Wildman–Crippen MR) is 63.5 cm³/mol. The summed E-state index contributed by atoms with van der Waals surface area (Å²) in [5, 5.41) is 0. The van der Waals surface area contributed by atoms with Crippen molar-refractivity contribution in [3.63, 3.8) is 0 Å². The minimum atomic E-state index is -0.333. The number of pyridine rings is 1. The van der Waals surface area contributed by atoms with E-state index in [1.165, 1.54) is 7.11 Å². The minimum absolute atomic E-state index is 0.232. The molecule has 2 aromatic rings. The van der Waals surface area contributed by atoms with E-state index in [9.17, 15) is 4.79 Å². The summed E-state index contributed by atoms with van der Waals surface area (Å²) in [4.78, 5) is 16.2. The predicted octanol–water partition coefficient (Wildman–Crippen LogP) is 2.37. The van der Waals surface area contributed by atoms with Crippen molar-refractivity contribution in [2.75, 3.05) is 7.11 Å². The third-order valence-electron chi connectivity index (χ3n) is 3.11. The van der Waals surface area contributed by atoms with Crippen molar-refractivity contribution < 1.29 is 9.53 Å². The number of rotatable bonds is 1. The number of hydrogen-bond acceptors (Lipinski definition) is 3. The Bertz CT molecular complexity index is 547. The molecule has 0 radical (unpaired) electrons. The monoisotopic (exact) mass is 225 g/mol. The molecule has 0 amide bonds. The summed E-state index contributed by atoms with van der Waals surface area (Å²) < 4.78 is 4.88. The van der Waals surface area contributed by atoms with Gasteiger partial charge in [0.2, 0.25) is 0 Å². The zero-order chi connectivity index (χ0) is 11.8. The third-order valence-corrected chi connectivity index (χ3v) is 3.11. The lowest BCUT2D eigenvalue weighted by Gasteiger charge is -2.09. The first kappa shape index (κ1) is 10.0. The molecular weight excluding hydrogens is 214 g/mol. The third kappa shape index (κ3) is 1.35. The Balaban J connectivity index is 2.27. The molecular formula is C14H11NO2. The van der Waals surface area contributed by atoms with Crippen LogP contribution in [-0.4, -0.2) is 18.1 Å². The SMILES string of the molecule is COC(=O)C1c2ccccc2-c2ncccc21. The van der Waals surface area contributed by atoms with Crippen molar-refractivity contribution in [1.82, 2.24) is 4.98 Å². The van der Waals surface area contributed by atoms with Gasteiger partial charge < -0.3 is 4.74 Å². The number of carbonyl (C=O) groups is 1. The van der Waals surface area contributed by atoms with Gasteiger partial charge in [0.15, 0.2) is 0 Å². The standard InChI is InChI=1S/C14H11NO2/c1-17-14(16)12-9-5-2-3-6-10(9)13-11(12)7-4-8-15-13/h2-8,12H,1H3. The van der Waals surface area contributed by atoms with Gasteiger partial charge >= 0.3 is 5.97 Å².